The first-order chi connectivity index (χ1) is 14.6. The Morgan fingerprint density at radius 1 is 1.03 bits per heavy atom. The molecule has 0 aromatic carbocycles. The van der Waals surface area contributed by atoms with Crippen LogP contribution in [0.1, 0.15) is 106 Å². The summed E-state index contributed by atoms with van der Waals surface area (Å²) < 4.78 is 0. The zero-order chi connectivity index (χ0) is 22.6. The van der Waals surface area contributed by atoms with Crippen LogP contribution < -0.4 is 0 Å². The molecule has 0 amide bonds. The van der Waals surface area contributed by atoms with E-state index in [4.69, 9.17) is 0 Å². The molecule has 3 fully saturated rings. The molecule has 3 saturated carbocycles. The number of carbonyl (C=O) groups is 1. The average Bonchev–Trinajstić information content (AvgIpc) is 3.06. The number of hydrogen-bond acceptors (Lipinski definition) is 2. The molecule has 0 aromatic rings. The number of allylic oxidation sites excluding steroid dienone is 1. The Morgan fingerprint density at radius 3 is 2.45 bits per heavy atom. The van der Waals surface area contributed by atoms with E-state index in [1.165, 1.54) is 50.5 Å². The van der Waals surface area contributed by atoms with Crippen LogP contribution in [0.3, 0.4) is 0 Å². The van der Waals surface area contributed by atoms with Crippen LogP contribution in [0.5, 0.6) is 0 Å². The highest BCUT2D eigenvalue weighted by Gasteiger charge is 2.61. The zero-order valence-corrected chi connectivity index (χ0v) is 21.1. The molecule has 0 aromatic heterocycles. The van der Waals surface area contributed by atoms with E-state index in [9.17, 15) is 9.90 Å². The van der Waals surface area contributed by atoms with Crippen molar-refractivity contribution in [1.29, 1.82) is 0 Å². The first-order valence-corrected chi connectivity index (χ1v) is 13.5. The van der Waals surface area contributed by atoms with Gasteiger partial charge in [-0.3, -0.25) is 4.79 Å². The molecule has 2 nitrogen and oxygen atoms in total. The molecular formula is C29H48O2. The summed E-state index contributed by atoms with van der Waals surface area (Å²) in [5.74, 6) is 4.90. The highest BCUT2D eigenvalue weighted by molar-refractivity contribution is 5.94. The molecule has 0 aliphatic heterocycles. The molecule has 0 heterocycles. The predicted molar refractivity (Wildman–Crippen MR) is 129 cm³/mol. The van der Waals surface area contributed by atoms with Gasteiger partial charge in [0.05, 0.1) is 6.10 Å². The Balaban J connectivity index is 1.52. The van der Waals surface area contributed by atoms with Crippen LogP contribution in [0.4, 0.5) is 0 Å². The monoisotopic (exact) mass is 428 g/mol. The third kappa shape index (κ3) is 3.87. The standard InChI is InChI=1S/C29H48O2/c1-7-20(18(2)3)9-8-19(4)23-10-11-24-27-25(13-15-29(23,24)6)28(5)14-12-22(30)16-21(28)17-26(27)31/h17-20,22-25,27,30H,7-16H2,1-6H3/t19-,20+,22+,23+,24-,25+,27+,28+,29-/m1/s1. The van der Waals surface area contributed by atoms with Crippen molar-refractivity contribution in [2.45, 2.75) is 112 Å². The van der Waals surface area contributed by atoms with Gasteiger partial charge in [0.2, 0.25) is 0 Å². The van der Waals surface area contributed by atoms with Crippen molar-refractivity contribution < 1.29 is 9.90 Å². The van der Waals surface area contributed by atoms with Crippen LogP contribution in [0.15, 0.2) is 11.6 Å². The Bertz CT molecular complexity index is 708. The Morgan fingerprint density at radius 2 is 1.77 bits per heavy atom. The molecule has 4 aliphatic carbocycles. The lowest BCUT2D eigenvalue weighted by molar-refractivity contribution is -0.135. The maximum Gasteiger partial charge on any atom is 0.159 e. The maximum atomic E-state index is 13.5. The minimum absolute atomic E-state index is 0.147. The Kier molecular flexibility index (Phi) is 6.54. The summed E-state index contributed by atoms with van der Waals surface area (Å²) in [5.41, 5.74) is 1.75. The molecule has 2 heteroatoms. The number of ketones is 1. The van der Waals surface area contributed by atoms with Crippen LogP contribution in [0, 0.1) is 52.3 Å². The van der Waals surface area contributed by atoms with E-state index in [1.54, 1.807) is 0 Å². The summed E-state index contributed by atoms with van der Waals surface area (Å²) in [7, 11) is 0. The van der Waals surface area contributed by atoms with Crippen molar-refractivity contribution in [3.8, 4) is 0 Å². The van der Waals surface area contributed by atoms with Gasteiger partial charge in [-0.2, -0.15) is 0 Å². The van der Waals surface area contributed by atoms with Crippen LogP contribution in [0.2, 0.25) is 0 Å². The number of hydrogen-bond donors (Lipinski definition) is 1. The molecule has 0 bridgehead atoms. The smallest absolute Gasteiger partial charge is 0.159 e. The normalized spacial score (nSPS) is 44.3. The van der Waals surface area contributed by atoms with Gasteiger partial charge in [0, 0.05) is 5.92 Å². The second-order valence-electron chi connectivity index (χ2n) is 12.8. The van der Waals surface area contributed by atoms with Gasteiger partial charge in [-0.25, -0.2) is 0 Å². The van der Waals surface area contributed by atoms with E-state index >= 15 is 0 Å². The molecular weight excluding hydrogens is 380 g/mol. The van der Waals surface area contributed by atoms with Crippen molar-refractivity contribution in [1.82, 2.24) is 0 Å². The fourth-order valence-corrected chi connectivity index (χ4v) is 9.04. The van der Waals surface area contributed by atoms with Crippen LogP contribution in [-0.4, -0.2) is 17.0 Å². The number of fused-ring (bicyclic) bond motifs is 5. The van der Waals surface area contributed by atoms with Crippen LogP contribution in [0.25, 0.3) is 0 Å². The fraction of sp³-hybridized carbons (Fsp3) is 0.897. The predicted octanol–water partition coefficient (Wildman–Crippen LogP) is 7.20. The first-order valence-electron chi connectivity index (χ1n) is 13.5. The third-order valence-corrected chi connectivity index (χ3v) is 11.1. The van der Waals surface area contributed by atoms with Crippen molar-refractivity contribution >= 4 is 5.78 Å². The second-order valence-corrected chi connectivity index (χ2v) is 12.8. The summed E-state index contributed by atoms with van der Waals surface area (Å²) in [4.78, 5) is 13.5. The Labute approximate surface area is 191 Å². The molecule has 4 aliphatic rings. The highest BCUT2D eigenvalue weighted by Crippen LogP contribution is 2.66. The minimum atomic E-state index is -0.243. The number of aliphatic hydroxyl groups excluding tert-OH is 1. The maximum absolute atomic E-state index is 13.5. The topological polar surface area (TPSA) is 37.3 Å². The quantitative estimate of drug-likeness (QED) is 0.485. The van der Waals surface area contributed by atoms with E-state index < -0.39 is 0 Å². The summed E-state index contributed by atoms with van der Waals surface area (Å²) in [6.07, 6.45) is 13.5. The van der Waals surface area contributed by atoms with Gasteiger partial charge in [0.15, 0.2) is 5.78 Å². The molecule has 0 spiro atoms. The molecule has 31 heavy (non-hydrogen) atoms. The molecule has 176 valence electrons. The Hall–Kier alpha value is -0.630. The molecule has 0 unspecified atom stereocenters. The largest absolute Gasteiger partial charge is 0.393 e. The van der Waals surface area contributed by atoms with Crippen molar-refractivity contribution in [2.24, 2.45) is 52.3 Å². The van der Waals surface area contributed by atoms with Crippen LogP contribution in [-0.2, 0) is 4.79 Å². The van der Waals surface area contributed by atoms with Crippen LogP contribution >= 0.6 is 0 Å². The van der Waals surface area contributed by atoms with E-state index in [1.807, 2.05) is 6.08 Å². The van der Waals surface area contributed by atoms with Gasteiger partial charge >= 0.3 is 0 Å². The molecule has 1 N–H and O–H groups in total. The second kappa shape index (κ2) is 8.62. The van der Waals surface area contributed by atoms with Gasteiger partial charge in [-0.05, 0) is 104 Å². The van der Waals surface area contributed by atoms with Gasteiger partial charge in [0.25, 0.3) is 0 Å². The van der Waals surface area contributed by atoms with Gasteiger partial charge < -0.3 is 5.11 Å². The number of aliphatic hydroxyl groups is 1. The number of rotatable bonds is 6. The molecule has 4 rings (SSSR count). The van der Waals surface area contributed by atoms with E-state index in [0.29, 0.717) is 23.0 Å². The highest BCUT2D eigenvalue weighted by atomic mass is 16.3. The van der Waals surface area contributed by atoms with Crippen molar-refractivity contribution in [3.05, 3.63) is 11.6 Å². The summed E-state index contributed by atoms with van der Waals surface area (Å²) in [6.45, 7) is 14.6. The molecule has 0 radical (unpaired) electrons. The van der Waals surface area contributed by atoms with E-state index in [-0.39, 0.29) is 17.4 Å². The lowest BCUT2D eigenvalue weighted by atomic mass is 9.46. The van der Waals surface area contributed by atoms with E-state index in [2.05, 4.69) is 41.5 Å². The summed E-state index contributed by atoms with van der Waals surface area (Å²) in [6, 6.07) is 0. The summed E-state index contributed by atoms with van der Waals surface area (Å²) >= 11 is 0. The number of carbonyl (C=O) groups excluding carboxylic acids is 1. The van der Waals surface area contributed by atoms with Gasteiger partial charge in [-0.1, -0.05) is 60.0 Å². The minimum Gasteiger partial charge on any atom is -0.393 e. The van der Waals surface area contributed by atoms with E-state index in [0.717, 1.165) is 42.9 Å². The van der Waals surface area contributed by atoms with Gasteiger partial charge in [-0.15, -0.1) is 0 Å². The average molecular weight is 429 g/mol. The van der Waals surface area contributed by atoms with Crippen molar-refractivity contribution in [2.75, 3.05) is 0 Å². The first kappa shape index (κ1) is 23.5. The third-order valence-electron chi connectivity index (χ3n) is 11.1. The molecule has 0 saturated heterocycles. The lowest BCUT2D eigenvalue weighted by Gasteiger charge is -2.57. The lowest BCUT2D eigenvalue weighted by Crippen LogP contribution is -2.53. The summed E-state index contributed by atoms with van der Waals surface area (Å²) in [5, 5.41) is 10.2. The van der Waals surface area contributed by atoms with Gasteiger partial charge in [0.1, 0.15) is 0 Å². The SMILES string of the molecule is CC[C@@H](CC[C@@H](C)[C@@H]1CC[C@@H]2[C@@H]3C(=O)C=C4C[C@@H](O)CC[C@]4(C)[C@H]3CC[C@@]21C)C(C)C. The van der Waals surface area contributed by atoms with Crippen molar-refractivity contribution in [3.63, 3.8) is 0 Å². The molecule has 9 atom stereocenters. The zero-order valence-electron chi connectivity index (χ0n) is 21.1. The fourth-order valence-electron chi connectivity index (χ4n) is 9.04.